The summed E-state index contributed by atoms with van der Waals surface area (Å²) in [7, 11) is 4.85. The Bertz CT molecular complexity index is 233. The lowest BCUT2D eigenvalue weighted by Gasteiger charge is -2.03. The van der Waals surface area contributed by atoms with E-state index < -0.39 is 0 Å². The molecule has 1 heterocycles. The number of aryl methyl sites for hydroxylation is 1. The molecule has 0 aliphatic rings. The minimum Gasteiger partial charge on any atom is -0.258 e. The highest BCUT2D eigenvalue weighted by Gasteiger charge is 1.97. The fraction of sp³-hybridized carbons (Fsp3) is 0.545. The van der Waals surface area contributed by atoms with E-state index in [2.05, 4.69) is 31.0 Å². The van der Waals surface area contributed by atoms with Crippen LogP contribution >= 0.6 is 0 Å². The molecule has 0 saturated heterocycles. The van der Waals surface area contributed by atoms with Gasteiger partial charge in [-0.15, -0.1) is 0 Å². The van der Waals surface area contributed by atoms with Crippen LogP contribution in [0.25, 0.3) is 0 Å². The topological polar surface area (TPSA) is 12.9 Å². The van der Waals surface area contributed by atoms with E-state index in [-0.39, 0.29) is 0 Å². The molecule has 1 aromatic rings. The molecule has 0 aliphatic carbocycles. The van der Waals surface area contributed by atoms with Crippen molar-refractivity contribution in [2.75, 3.05) is 0 Å². The van der Waals surface area contributed by atoms with Crippen LogP contribution in [0.15, 0.2) is 18.2 Å². The molecule has 0 saturated carbocycles. The van der Waals surface area contributed by atoms with Gasteiger partial charge in [-0.2, -0.15) is 0 Å². The van der Waals surface area contributed by atoms with Gasteiger partial charge in [0.15, 0.2) is 0 Å². The summed E-state index contributed by atoms with van der Waals surface area (Å²) >= 11 is 0. The van der Waals surface area contributed by atoms with Crippen molar-refractivity contribution in [2.45, 2.75) is 39.9 Å². The average molecular weight is 175 g/mol. The van der Waals surface area contributed by atoms with Crippen molar-refractivity contribution in [3.05, 3.63) is 29.6 Å². The van der Waals surface area contributed by atoms with Crippen molar-refractivity contribution in [1.82, 2.24) is 4.98 Å². The molecular formula is C11H18BN. The van der Waals surface area contributed by atoms with E-state index >= 15 is 0 Å². The van der Waals surface area contributed by atoms with Crippen LogP contribution in [0.3, 0.4) is 0 Å². The Hall–Kier alpha value is -0.785. The van der Waals surface area contributed by atoms with Gasteiger partial charge in [-0.05, 0) is 25.0 Å². The molecule has 0 unspecified atom stereocenters. The fourth-order valence-electron chi connectivity index (χ4n) is 0.886. The van der Waals surface area contributed by atoms with Crippen molar-refractivity contribution in [1.29, 1.82) is 0 Å². The molecule has 1 aromatic heterocycles. The van der Waals surface area contributed by atoms with Crippen LogP contribution < -0.4 is 0 Å². The Morgan fingerprint density at radius 2 is 1.92 bits per heavy atom. The first kappa shape index (κ1) is 12.2. The van der Waals surface area contributed by atoms with Crippen LogP contribution in [-0.4, -0.2) is 12.8 Å². The zero-order valence-electron chi connectivity index (χ0n) is 9.04. The zero-order chi connectivity index (χ0) is 10.3. The molecule has 0 amide bonds. The van der Waals surface area contributed by atoms with Gasteiger partial charge in [0.25, 0.3) is 0 Å². The predicted octanol–water partition coefficient (Wildman–Crippen LogP) is 3.11. The van der Waals surface area contributed by atoms with Crippen molar-refractivity contribution < 1.29 is 0 Å². The van der Waals surface area contributed by atoms with E-state index in [0.717, 1.165) is 12.0 Å². The van der Waals surface area contributed by atoms with Gasteiger partial charge in [-0.1, -0.05) is 33.2 Å². The lowest BCUT2D eigenvalue weighted by Crippen LogP contribution is -1.92. The highest BCUT2D eigenvalue weighted by Crippen LogP contribution is 2.10. The molecule has 2 radical (unpaired) electrons. The number of nitrogens with zero attached hydrogens (tertiary/aromatic N) is 1. The molecule has 1 rings (SSSR count). The Balaban J connectivity index is 0.000000424. The van der Waals surface area contributed by atoms with Crippen LogP contribution in [-0.2, 0) is 0 Å². The van der Waals surface area contributed by atoms with Crippen LogP contribution in [0.4, 0.5) is 0 Å². The average Bonchev–Trinajstić information content (AvgIpc) is 2.05. The Morgan fingerprint density at radius 1 is 1.38 bits per heavy atom. The van der Waals surface area contributed by atoms with Gasteiger partial charge in [0.05, 0.1) is 7.85 Å². The second-order valence-electron chi connectivity index (χ2n) is 3.27. The molecule has 2 heteroatoms. The number of hydrogen-bond donors (Lipinski definition) is 0. The zero-order valence-corrected chi connectivity index (χ0v) is 9.04. The van der Waals surface area contributed by atoms with Crippen LogP contribution in [0.1, 0.15) is 38.1 Å². The van der Waals surface area contributed by atoms with Crippen molar-refractivity contribution in [3.63, 3.8) is 0 Å². The van der Waals surface area contributed by atoms with Gasteiger partial charge in [-0.25, -0.2) is 0 Å². The highest BCUT2D eigenvalue weighted by atomic mass is 14.7. The standard InChI is InChI=1S/C9H13N.C2H5B/c1-7(2)9-6-4-5-8(3)10-9;1-2-3/h4-7H,1-3H3;2H2,1H3. The van der Waals surface area contributed by atoms with Gasteiger partial charge in [0.1, 0.15) is 0 Å². The van der Waals surface area contributed by atoms with E-state index in [4.69, 9.17) is 7.85 Å². The van der Waals surface area contributed by atoms with Crippen LogP contribution in [0, 0.1) is 6.92 Å². The first-order chi connectivity index (χ1) is 6.11. The first-order valence-corrected chi connectivity index (χ1v) is 4.75. The normalized spacial score (nSPS) is 9.31. The smallest absolute Gasteiger partial charge is 0.0649 e. The van der Waals surface area contributed by atoms with Gasteiger partial charge in [0.2, 0.25) is 0 Å². The quantitative estimate of drug-likeness (QED) is 0.597. The highest BCUT2D eigenvalue weighted by molar-refractivity contribution is 6.08. The largest absolute Gasteiger partial charge is 0.258 e. The summed E-state index contributed by atoms with van der Waals surface area (Å²) < 4.78 is 0. The maximum atomic E-state index is 4.85. The van der Waals surface area contributed by atoms with E-state index in [1.807, 2.05) is 19.9 Å². The molecule has 0 fully saturated rings. The molecule has 0 aromatic carbocycles. The minimum absolute atomic E-state index is 0.542. The van der Waals surface area contributed by atoms with Gasteiger partial charge in [0, 0.05) is 11.4 Å². The maximum Gasteiger partial charge on any atom is 0.0649 e. The minimum atomic E-state index is 0.542. The molecule has 0 spiro atoms. The van der Waals surface area contributed by atoms with Gasteiger partial charge < -0.3 is 0 Å². The summed E-state index contributed by atoms with van der Waals surface area (Å²) in [4.78, 5) is 4.37. The van der Waals surface area contributed by atoms with Crippen LogP contribution in [0.2, 0.25) is 6.32 Å². The summed E-state index contributed by atoms with van der Waals surface area (Å²) in [6.07, 6.45) is 0.750. The monoisotopic (exact) mass is 175 g/mol. The van der Waals surface area contributed by atoms with E-state index in [9.17, 15) is 0 Å². The SMILES string of the molecule is Cc1cccc(C(C)C)n1.[B]CC. The predicted molar refractivity (Wildman–Crippen MR) is 59.3 cm³/mol. The molecule has 70 valence electrons. The lowest BCUT2D eigenvalue weighted by atomic mass is 10.1. The van der Waals surface area contributed by atoms with Gasteiger partial charge >= 0.3 is 0 Å². The Morgan fingerprint density at radius 3 is 2.23 bits per heavy atom. The third-order valence-corrected chi connectivity index (χ3v) is 1.50. The third-order valence-electron chi connectivity index (χ3n) is 1.50. The molecule has 13 heavy (non-hydrogen) atoms. The van der Waals surface area contributed by atoms with Gasteiger partial charge in [-0.3, -0.25) is 4.98 Å². The number of hydrogen-bond acceptors (Lipinski definition) is 1. The summed E-state index contributed by atoms with van der Waals surface area (Å²) in [6.45, 7) is 8.23. The van der Waals surface area contributed by atoms with Crippen molar-refractivity contribution >= 4 is 7.85 Å². The van der Waals surface area contributed by atoms with Crippen molar-refractivity contribution in [2.24, 2.45) is 0 Å². The summed E-state index contributed by atoms with van der Waals surface area (Å²) in [5.41, 5.74) is 2.28. The summed E-state index contributed by atoms with van der Waals surface area (Å²) in [6, 6.07) is 6.14. The first-order valence-electron chi connectivity index (χ1n) is 4.75. The Kier molecular flexibility index (Phi) is 6.30. The van der Waals surface area contributed by atoms with E-state index in [1.54, 1.807) is 0 Å². The number of aromatic nitrogens is 1. The molecular weight excluding hydrogens is 157 g/mol. The second kappa shape index (κ2) is 6.70. The lowest BCUT2D eigenvalue weighted by molar-refractivity contribution is 0.815. The van der Waals surface area contributed by atoms with E-state index in [0.29, 0.717) is 5.92 Å². The maximum absolute atomic E-state index is 4.85. The third kappa shape index (κ3) is 5.45. The number of pyridine rings is 1. The second-order valence-corrected chi connectivity index (χ2v) is 3.27. The Labute approximate surface area is 83.0 Å². The van der Waals surface area contributed by atoms with Crippen molar-refractivity contribution in [3.8, 4) is 0 Å². The molecule has 0 bridgehead atoms. The molecule has 0 atom stereocenters. The molecule has 0 N–H and O–H groups in total. The summed E-state index contributed by atoms with van der Waals surface area (Å²) in [5.74, 6) is 0.542. The molecule has 1 nitrogen and oxygen atoms in total. The summed E-state index contributed by atoms with van der Waals surface area (Å²) in [5, 5.41) is 0. The fourth-order valence-corrected chi connectivity index (χ4v) is 0.886. The number of rotatable bonds is 1. The van der Waals surface area contributed by atoms with Crippen LogP contribution in [0.5, 0.6) is 0 Å². The molecule has 0 aliphatic heterocycles. The van der Waals surface area contributed by atoms with E-state index in [1.165, 1.54) is 5.69 Å².